The molecule has 0 bridgehead atoms. The van der Waals surface area contributed by atoms with E-state index in [1.807, 2.05) is 6.92 Å². The van der Waals surface area contributed by atoms with Crippen LogP contribution in [0.15, 0.2) is 0 Å². The van der Waals surface area contributed by atoms with Crippen molar-refractivity contribution in [2.75, 3.05) is 32.7 Å². The van der Waals surface area contributed by atoms with Gasteiger partial charge in [-0.25, -0.2) is 0 Å². The predicted molar refractivity (Wildman–Crippen MR) is 69.3 cm³/mol. The van der Waals surface area contributed by atoms with E-state index in [4.69, 9.17) is 0 Å². The monoisotopic (exact) mass is 293 g/mol. The number of piperazine rings is 1. The van der Waals surface area contributed by atoms with Gasteiger partial charge in [0.2, 0.25) is 5.91 Å². The normalized spacial score (nSPS) is 24.2. The molecule has 2 aliphatic rings. The number of nitrogens with zero attached hydrogens (tertiary/aromatic N) is 1. The highest BCUT2D eigenvalue weighted by Gasteiger charge is 2.49. The fraction of sp³-hybridized carbons (Fsp3) is 0.923. The van der Waals surface area contributed by atoms with E-state index in [-0.39, 0.29) is 17.9 Å². The zero-order chi connectivity index (χ0) is 14.8. The van der Waals surface area contributed by atoms with Crippen molar-refractivity contribution in [3.63, 3.8) is 0 Å². The van der Waals surface area contributed by atoms with Gasteiger partial charge < -0.3 is 10.6 Å². The summed E-state index contributed by atoms with van der Waals surface area (Å²) in [6, 6.07) is -1.58. The minimum atomic E-state index is -4.31. The predicted octanol–water partition coefficient (Wildman–Crippen LogP) is 1.13. The van der Waals surface area contributed by atoms with Crippen LogP contribution in [0, 0.1) is 5.41 Å². The standard InChI is InChI=1S/C13H22F3N3O/c1-2-12(3-4-12)11(20)18-9-10(13(14,15)16)19-7-5-17-6-8-19/h10,17H,2-9H2,1H3,(H,18,20). The third-order valence-corrected chi connectivity index (χ3v) is 4.44. The highest BCUT2D eigenvalue weighted by Crippen LogP contribution is 2.48. The quantitative estimate of drug-likeness (QED) is 0.798. The van der Waals surface area contributed by atoms with Gasteiger partial charge in [-0.2, -0.15) is 13.2 Å². The fourth-order valence-electron chi connectivity index (χ4n) is 2.71. The molecule has 1 saturated carbocycles. The second-order valence-corrected chi connectivity index (χ2v) is 5.69. The number of nitrogens with one attached hydrogen (secondary N) is 2. The second-order valence-electron chi connectivity index (χ2n) is 5.69. The Morgan fingerprint density at radius 1 is 1.35 bits per heavy atom. The second kappa shape index (κ2) is 5.89. The van der Waals surface area contributed by atoms with Crippen molar-refractivity contribution < 1.29 is 18.0 Å². The summed E-state index contributed by atoms with van der Waals surface area (Å²) in [5, 5.41) is 5.55. The van der Waals surface area contributed by atoms with Gasteiger partial charge in [0.25, 0.3) is 0 Å². The molecule has 2 fully saturated rings. The minimum absolute atomic E-state index is 0.218. The molecule has 2 N–H and O–H groups in total. The average Bonchev–Trinajstić information content (AvgIpc) is 3.19. The van der Waals surface area contributed by atoms with Crippen molar-refractivity contribution in [1.82, 2.24) is 15.5 Å². The van der Waals surface area contributed by atoms with Gasteiger partial charge in [-0.1, -0.05) is 6.92 Å². The van der Waals surface area contributed by atoms with Gasteiger partial charge in [0.05, 0.1) is 0 Å². The molecule has 1 atom stereocenters. The van der Waals surface area contributed by atoms with Crippen LogP contribution < -0.4 is 10.6 Å². The lowest BCUT2D eigenvalue weighted by atomic mass is 10.0. The number of rotatable bonds is 5. The Kier molecular flexibility index (Phi) is 4.59. The average molecular weight is 293 g/mol. The van der Waals surface area contributed by atoms with Gasteiger partial charge >= 0.3 is 6.18 Å². The van der Waals surface area contributed by atoms with Crippen molar-refractivity contribution in [3.05, 3.63) is 0 Å². The van der Waals surface area contributed by atoms with Crippen molar-refractivity contribution in [2.24, 2.45) is 5.41 Å². The Bertz CT molecular complexity index is 349. The highest BCUT2D eigenvalue weighted by molar-refractivity contribution is 5.85. The van der Waals surface area contributed by atoms with Gasteiger partial charge in [0.1, 0.15) is 6.04 Å². The van der Waals surface area contributed by atoms with E-state index in [1.54, 1.807) is 0 Å². The van der Waals surface area contributed by atoms with Crippen LogP contribution in [0.3, 0.4) is 0 Å². The first-order chi connectivity index (χ1) is 9.39. The van der Waals surface area contributed by atoms with E-state index in [0.29, 0.717) is 32.6 Å². The minimum Gasteiger partial charge on any atom is -0.354 e. The Morgan fingerprint density at radius 3 is 2.40 bits per heavy atom. The van der Waals surface area contributed by atoms with Crippen LogP contribution in [0.5, 0.6) is 0 Å². The van der Waals surface area contributed by atoms with Crippen LogP contribution in [0.25, 0.3) is 0 Å². The number of carbonyl (C=O) groups excluding carboxylic acids is 1. The zero-order valence-electron chi connectivity index (χ0n) is 11.7. The molecular formula is C13H22F3N3O. The molecule has 0 radical (unpaired) electrons. The number of hydrogen-bond donors (Lipinski definition) is 2. The molecule has 2 rings (SSSR count). The molecule has 4 nitrogen and oxygen atoms in total. The first-order valence-electron chi connectivity index (χ1n) is 7.19. The molecule has 1 saturated heterocycles. The highest BCUT2D eigenvalue weighted by atomic mass is 19.4. The molecule has 0 aromatic heterocycles. The summed E-state index contributed by atoms with van der Waals surface area (Å²) in [6.07, 6.45) is -2.03. The molecule has 1 aliphatic carbocycles. The lowest BCUT2D eigenvalue weighted by Gasteiger charge is -2.36. The molecular weight excluding hydrogens is 271 g/mol. The maximum atomic E-state index is 13.1. The lowest BCUT2D eigenvalue weighted by molar-refractivity contribution is -0.184. The number of halogens is 3. The number of alkyl halides is 3. The van der Waals surface area contributed by atoms with E-state index in [1.165, 1.54) is 4.90 Å². The van der Waals surface area contributed by atoms with Crippen LogP contribution in [-0.2, 0) is 4.79 Å². The molecule has 1 amide bonds. The van der Waals surface area contributed by atoms with Crippen LogP contribution in [-0.4, -0.2) is 55.7 Å². The summed E-state index contributed by atoms with van der Waals surface area (Å²) in [7, 11) is 0. The van der Waals surface area contributed by atoms with Crippen LogP contribution in [0.1, 0.15) is 26.2 Å². The third kappa shape index (κ3) is 3.44. The molecule has 1 unspecified atom stereocenters. The molecule has 116 valence electrons. The largest absolute Gasteiger partial charge is 0.405 e. The van der Waals surface area contributed by atoms with Crippen LogP contribution in [0.2, 0.25) is 0 Å². The van der Waals surface area contributed by atoms with E-state index >= 15 is 0 Å². The topological polar surface area (TPSA) is 44.4 Å². The number of hydrogen-bond acceptors (Lipinski definition) is 3. The maximum Gasteiger partial charge on any atom is 0.405 e. The Morgan fingerprint density at radius 2 is 1.95 bits per heavy atom. The maximum absolute atomic E-state index is 13.1. The van der Waals surface area contributed by atoms with Gasteiger partial charge in [-0.15, -0.1) is 0 Å². The van der Waals surface area contributed by atoms with Crippen molar-refractivity contribution in [2.45, 2.75) is 38.4 Å². The van der Waals surface area contributed by atoms with Gasteiger partial charge in [-0.3, -0.25) is 9.69 Å². The van der Waals surface area contributed by atoms with Crippen molar-refractivity contribution in [3.8, 4) is 0 Å². The van der Waals surface area contributed by atoms with Crippen molar-refractivity contribution >= 4 is 5.91 Å². The Hall–Kier alpha value is -0.820. The SMILES string of the molecule is CCC1(C(=O)NCC(N2CCNCC2)C(F)(F)F)CC1. The molecule has 0 aromatic carbocycles. The van der Waals surface area contributed by atoms with Crippen molar-refractivity contribution in [1.29, 1.82) is 0 Å². The smallest absolute Gasteiger partial charge is 0.354 e. The zero-order valence-corrected chi connectivity index (χ0v) is 11.7. The summed E-state index contributed by atoms with van der Waals surface area (Å²) in [6.45, 7) is 3.39. The molecule has 20 heavy (non-hydrogen) atoms. The third-order valence-electron chi connectivity index (χ3n) is 4.44. The van der Waals surface area contributed by atoms with E-state index in [2.05, 4.69) is 10.6 Å². The van der Waals surface area contributed by atoms with Gasteiger partial charge in [0.15, 0.2) is 0 Å². The molecule has 0 spiro atoms. The van der Waals surface area contributed by atoms with E-state index in [9.17, 15) is 18.0 Å². The summed E-state index contributed by atoms with van der Waals surface area (Å²) in [5.74, 6) is -0.218. The van der Waals surface area contributed by atoms with Gasteiger partial charge in [0, 0.05) is 38.1 Å². The first-order valence-corrected chi connectivity index (χ1v) is 7.19. The van der Waals surface area contributed by atoms with Crippen LogP contribution >= 0.6 is 0 Å². The summed E-state index contributed by atoms with van der Waals surface area (Å²) in [5.41, 5.74) is -0.389. The van der Waals surface area contributed by atoms with E-state index in [0.717, 1.165) is 12.8 Å². The number of amides is 1. The molecule has 7 heteroatoms. The fourth-order valence-corrected chi connectivity index (χ4v) is 2.71. The molecule has 1 heterocycles. The summed E-state index contributed by atoms with van der Waals surface area (Å²) in [4.78, 5) is 13.4. The summed E-state index contributed by atoms with van der Waals surface area (Å²) >= 11 is 0. The number of carbonyl (C=O) groups is 1. The Balaban J connectivity index is 1.92. The first kappa shape index (κ1) is 15.6. The molecule has 1 aliphatic heterocycles. The Labute approximate surface area is 117 Å². The summed E-state index contributed by atoms with van der Waals surface area (Å²) < 4.78 is 39.4. The lowest BCUT2D eigenvalue weighted by Crippen LogP contribution is -2.58. The molecule has 0 aromatic rings. The van der Waals surface area contributed by atoms with Gasteiger partial charge in [-0.05, 0) is 19.3 Å². The van der Waals surface area contributed by atoms with E-state index < -0.39 is 12.2 Å². The van der Waals surface area contributed by atoms with Crippen LogP contribution in [0.4, 0.5) is 13.2 Å².